The van der Waals surface area contributed by atoms with Gasteiger partial charge in [0, 0.05) is 5.92 Å². The summed E-state index contributed by atoms with van der Waals surface area (Å²) in [7, 11) is 1.33. The molecule has 0 unspecified atom stereocenters. The van der Waals surface area contributed by atoms with E-state index in [1.807, 2.05) is 25.7 Å². The molecule has 5 radical (unpaired) electrons. The Morgan fingerprint density at radius 2 is 2.00 bits per heavy atom. The summed E-state index contributed by atoms with van der Waals surface area (Å²) in [4.78, 5) is 11.1. The van der Waals surface area contributed by atoms with Crippen molar-refractivity contribution >= 4 is 5.97 Å². The van der Waals surface area contributed by atoms with Crippen molar-refractivity contribution in [3.8, 4) is 0 Å². The normalized spacial score (nSPS) is 17.2. The maximum absolute atomic E-state index is 11.1. The molecule has 71 valence electrons. The van der Waals surface area contributed by atoms with Crippen molar-refractivity contribution in [3.63, 3.8) is 0 Å². The monoisotopic (exact) mass is 189 g/mol. The van der Waals surface area contributed by atoms with Crippen LogP contribution in [0.1, 0.15) is 16.3 Å². The summed E-state index contributed by atoms with van der Waals surface area (Å²) in [5.41, 5.74) is 0. The topological polar surface area (TPSA) is 39.4 Å². The van der Waals surface area contributed by atoms with Crippen molar-refractivity contribution < 1.29 is 13.9 Å². The highest BCUT2D eigenvalue weighted by atomic mass is 16.5. The van der Waals surface area contributed by atoms with Crippen molar-refractivity contribution in [1.29, 1.82) is 0 Å². The summed E-state index contributed by atoms with van der Waals surface area (Å²) in [6, 6.07) is 3.36. The lowest BCUT2D eigenvalue weighted by Crippen LogP contribution is -1.99. The summed E-state index contributed by atoms with van der Waals surface area (Å²) in [6.07, 6.45) is 7.66. The van der Waals surface area contributed by atoms with Gasteiger partial charge in [0.05, 0.1) is 7.11 Å². The van der Waals surface area contributed by atoms with Crippen molar-refractivity contribution in [2.24, 2.45) is 0 Å². The molecule has 14 heavy (non-hydrogen) atoms. The number of methoxy groups -OCH3 is 1. The molecular formula is C11H9O3. The lowest BCUT2D eigenvalue weighted by molar-refractivity contribution is 0.0564. The van der Waals surface area contributed by atoms with Crippen LogP contribution in [0.25, 0.3) is 0 Å². The first-order valence-electron chi connectivity index (χ1n) is 4.21. The molecule has 3 heteroatoms. The molecule has 0 N–H and O–H groups in total. The molecule has 0 saturated heterocycles. The van der Waals surface area contributed by atoms with Crippen molar-refractivity contribution in [2.45, 2.75) is 0 Å². The summed E-state index contributed by atoms with van der Waals surface area (Å²) in [6.45, 7) is 0. The number of furan rings is 1. The number of hydrogen-bond acceptors (Lipinski definition) is 3. The SMILES string of the molecule is COC(=O)c1ccc([C]2[CH][CH][CH][CH]2)o1. The number of esters is 1. The molecule has 3 nitrogen and oxygen atoms in total. The Hall–Kier alpha value is -1.25. The summed E-state index contributed by atoms with van der Waals surface area (Å²) >= 11 is 0. The van der Waals surface area contributed by atoms with E-state index in [4.69, 9.17) is 4.42 Å². The Morgan fingerprint density at radius 3 is 2.64 bits per heavy atom. The third kappa shape index (κ3) is 1.67. The number of hydrogen-bond donors (Lipinski definition) is 0. The van der Waals surface area contributed by atoms with E-state index in [2.05, 4.69) is 4.74 Å². The maximum Gasteiger partial charge on any atom is 0.373 e. The van der Waals surface area contributed by atoms with E-state index < -0.39 is 5.97 Å². The quantitative estimate of drug-likeness (QED) is 0.666. The summed E-state index contributed by atoms with van der Waals surface area (Å²) in [5, 5.41) is 0. The molecule has 0 aromatic carbocycles. The number of carbonyl (C=O) groups is 1. The van der Waals surface area contributed by atoms with E-state index in [1.54, 1.807) is 12.1 Å². The second kappa shape index (κ2) is 3.86. The second-order valence-electron chi connectivity index (χ2n) is 2.83. The molecule has 1 aromatic heterocycles. The third-order valence-corrected chi connectivity index (χ3v) is 1.94. The standard InChI is InChI=1S/C11H9O3/c1-13-11(12)10-7-6-9(14-10)8-4-2-3-5-8/h2-7H,1H3. The van der Waals surface area contributed by atoms with Crippen LogP contribution in [0.15, 0.2) is 16.5 Å². The number of ether oxygens (including phenoxy) is 1. The van der Waals surface area contributed by atoms with Crippen molar-refractivity contribution in [3.05, 3.63) is 55.3 Å². The molecule has 1 aliphatic carbocycles. The predicted molar refractivity (Wildman–Crippen MR) is 49.6 cm³/mol. The van der Waals surface area contributed by atoms with Crippen LogP contribution in [-0.4, -0.2) is 13.1 Å². The van der Waals surface area contributed by atoms with Crippen LogP contribution in [0.3, 0.4) is 0 Å². The molecule has 1 heterocycles. The lowest BCUT2D eigenvalue weighted by atomic mass is 10.1. The minimum absolute atomic E-state index is 0.226. The highest BCUT2D eigenvalue weighted by molar-refractivity contribution is 5.86. The predicted octanol–water partition coefficient (Wildman–Crippen LogP) is 1.82. The van der Waals surface area contributed by atoms with Gasteiger partial charge in [-0.3, -0.25) is 0 Å². The van der Waals surface area contributed by atoms with Crippen LogP contribution in [-0.2, 0) is 4.74 Å². The molecular weight excluding hydrogens is 180 g/mol. The Kier molecular flexibility index (Phi) is 2.57. The van der Waals surface area contributed by atoms with E-state index in [0.29, 0.717) is 5.76 Å². The largest absolute Gasteiger partial charge is 0.463 e. The van der Waals surface area contributed by atoms with Crippen LogP contribution >= 0.6 is 0 Å². The minimum Gasteiger partial charge on any atom is -0.463 e. The van der Waals surface area contributed by atoms with Gasteiger partial charge in [0.15, 0.2) is 0 Å². The average Bonchev–Trinajstić information content (AvgIpc) is 2.86. The molecule has 0 bridgehead atoms. The highest BCUT2D eigenvalue weighted by Crippen LogP contribution is 2.31. The first-order valence-corrected chi connectivity index (χ1v) is 4.21. The van der Waals surface area contributed by atoms with Gasteiger partial charge in [0.25, 0.3) is 0 Å². The molecule has 0 aliphatic heterocycles. The Labute approximate surface area is 83.0 Å². The van der Waals surface area contributed by atoms with Crippen molar-refractivity contribution in [2.75, 3.05) is 7.11 Å². The van der Waals surface area contributed by atoms with Gasteiger partial charge in [0.2, 0.25) is 5.76 Å². The lowest BCUT2D eigenvalue weighted by Gasteiger charge is -2.01. The van der Waals surface area contributed by atoms with Gasteiger partial charge < -0.3 is 9.15 Å². The van der Waals surface area contributed by atoms with Crippen LogP contribution < -0.4 is 0 Å². The van der Waals surface area contributed by atoms with Crippen LogP contribution in [0.2, 0.25) is 0 Å². The Balaban J connectivity index is 2.12. The Morgan fingerprint density at radius 1 is 1.29 bits per heavy atom. The van der Waals surface area contributed by atoms with Gasteiger partial charge in [-0.05, 0) is 37.8 Å². The van der Waals surface area contributed by atoms with Crippen LogP contribution in [0, 0.1) is 31.6 Å². The zero-order valence-electron chi connectivity index (χ0n) is 7.69. The van der Waals surface area contributed by atoms with Gasteiger partial charge in [-0.15, -0.1) is 0 Å². The number of carbonyl (C=O) groups excluding carboxylic acids is 1. The average molecular weight is 189 g/mol. The molecule has 1 fully saturated rings. The first-order chi connectivity index (χ1) is 6.81. The molecule has 1 aliphatic rings. The summed E-state index contributed by atoms with van der Waals surface area (Å²) < 4.78 is 9.84. The van der Waals surface area contributed by atoms with Gasteiger partial charge in [-0.1, -0.05) is 0 Å². The van der Waals surface area contributed by atoms with Gasteiger partial charge >= 0.3 is 5.97 Å². The smallest absolute Gasteiger partial charge is 0.373 e. The van der Waals surface area contributed by atoms with E-state index in [1.165, 1.54) is 7.11 Å². The fraction of sp³-hybridized carbons (Fsp3) is 0.0909. The van der Waals surface area contributed by atoms with Gasteiger partial charge in [-0.2, -0.15) is 0 Å². The minimum atomic E-state index is -0.456. The van der Waals surface area contributed by atoms with Gasteiger partial charge in [-0.25, -0.2) is 4.79 Å². The summed E-state index contributed by atoms with van der Waals surface area (Å²) in [5.74, 6) is 1.40. The van der Waals surface area contributed by atoms with Crippen LogP contribution in [0.5, 0.6) is 0 Å². The molecule has 0 atom stereocenters. The number of rotatable bonds is 2. The second-order valence-corrected chi connectivity index (χ2v) is 2.83. The van der Waals surface area contributed by atoms with E-state index in [9.17, 15) is 4.79 Å². The third-order valence-electron chi connectivity index (χ3n) is 1.94. The zero-order chi connectivity index (χ0) is 9.97. The zero-order valence-corrected chi connectivity index (χ0v) is 7.69. The fourth-order valence-electron chi connectivity index (χ4n) is 1.24. The first kappa shape index (κ1) is 9.31. The molecule has 1 saturated carbocycles. The van der Waals surface area contributed by atoms with E-state index in [-0.39, 0.29) is 5.76 Å². The Bertz CT molecular complexity index is 321. The molecule has 1 aromatic rings. The molecule has 0 spiro atoms. The highest BCUT2D eigenvalue weighted by Gasteiger charge is 2.23. The van der Waals surface area contributed by atoms with E-state index in [0.717, 1.165) is 5.92 Å². The van der Waals surface area contributed by atoms with E-state index >= 15 is 0 Å². The fourth-order valence-corrected chi connectivity index (χ4v) is 1.24. The van der Waals surface area contributed by atoms with Crippen molar-refractivity contribution in [1.82, 2.24) is 0 Å². The maximum atomic E-state index is 11.1. The van der Waals surface area contributed by atoms with Gasteiger partial charge in [0.1, 0.15) is 5.76 Å². The molecule has 2 rings (SSSR count). The molecule has 0 amide bonds. The van der Waals surface area contributed by atoms with Crippen LogP contribution in [0.4, 0.5) is 0 Å².